The normalized spacial score (nSPS) is 10.2. The van der Waals surface area contributed by atoms with Gasteiger partial charge in [0.05, 0.1) is 39.5 Å². The van der Waals surface area contributed by atoms with Crippen molar-refractivity contribution in [1.82, 2.24) is 0 Å². The molecule has 78 valence electrons. The van der Waals surface area contributed by atoms with E-state index in [4.69, 9.17) is 20.5 Å². The molecule has 0 aliphatic rings. The topological polar surface area (TPSA) is 91.0 Å². The summed E-state index contributed by atoms with van der Waals surface area (Å²) in [7, 11) is 0. The fourth-order valence-corrected chi connectivity index (χ4v) is 0.588. The molecule has 0 heterocycles. The molecule has 0 radical (unpaired) electrons. The first kappa shape index (κ1) is 12.3. The molecule has 0 aromatic carbocycles. The van der Waals surface area contributed by atoms with Crippen LogP contribution in [0.5, 0.6) is 0 Å². The van der Waals surface area contributed by atoms with Crippen LogP contribution in [0, 0.1) is 0 Å². The van der Waals surface area contributed by atoms with Crippen LogP contribution in [0.4, 0.5) is 0 Å². The second-order valence-corrected chi connectivity index (χ2v) is 2.24. The van der Waals surface area contributed by atoms with Gasteiger partial charge in [-0.25, -0.2) is 5.90 Å². The molecule has 0 aliphatic heterocycles. The van der Waals surface area contributed by atoms with E-state index in [0.29, 0.717) is 26.4 Å². The smallest absolute Gasteiger partial charge is 0.305 e. The van der Waals surface area contributed by atoms with Crippen LogP contribution in [0.2, 0.25) is 0 Å². The molecule has 0 rings (SSSR count). The highest BCUT2D eigenvalue weighted by atomic mass is 16.6. The summed E-state index contributed by atoms with van der Waals surface area (Å²) in [6.45, 7) is 1.78. The van der Waals surface area contributed by atoms with E-state index in [1.807, 2.05) is 0 Å². The lowest BCUT2D eigenvalue weighted by Gasteiger charge is -2.03. The van der Waals surface area contributed by atoms with E-state index < -0.39 is 5.97 Å². The summed E-state index contributed by atoms with van der Waals surface area (Å²) in [4.78, 5) is 14.3. The van der Waals surface area contributed by atoms with Gasteiger partial charge in [0.2, 0.25) is 0 Å². The molecule has 0 aromatic heterocycles. The number of hydrogen-bond acceptors (Lipinski definition) is 5. The molecule has 0 spiro atoms. The zero-order chi connectivity index (χ0) is 9.94. The van der Waals surface area contributed by atoms with Crippen molar-refractivity contribution in [2.24, 2.45) is 5.90 Å². The van der Waals surface area contributed by atoms with Gasteiger partial charge in [0.15, 0.2) is 0 Å². The highest BCUT2D eigenvalue weighted by Gasteiger charge is 1.95. The number of rotatable bonds is 9. The Labute approximate surface area is 76.5 Å². The molecule has 0 saturated carbocycles. The minimum Gasteiger partial charge on any atom is -0.481 e. The Morgan fingerprint density at radius 1 is 1.08 bits per heavy atom. The molecule has 6 heteroatoms. The molecule has 0 fully saturated rings. The average Bonchev–Trinajstić information content (AvgIpc) is 2.09. The van der Waals surface area contributed by atoms with E-state index in [-0.39, 0.29) is 13.0 Å². The SMILES string of the molecule is NOCCOCCOCCC(=O)O. The molecule has 6 nitrogen and oxygen atoms in total. The van der Waals surface area contributed by atoms with Crippen molar-refractivity contribution in [2.75, 3.05) is 33.0 Å². The van der Waals surface area contributed by atoms with Crippen LogP contribution in [-0.2, 0) is 19.1 Å². The zero-order valence-electron chi connectivity index (χ0n) is 7.40. The van der Waals surface area contributed by atoms with Crippen LogP contribution in [0.3, 0.4) is 0 Å². The van der Waals surface area contributed by atoms with Gasteiger partial charge in [-0.15, -0.1) is 0 Å². The summed E-state index contributed by atoms with van der Waals surface area (Å²) >= 11 is 0. The van der Waals surface area contributed by atoms with Gasteiger partial charge in [-0.3, -0.25) is 4.79 Å². The number of carboxylic acids is 1. The van der Waals surface area contributed by atoms with Crippen LogP contribution >= 0.6 is 0 Å². The Kier molecular flexibility index (Phi) is 8.90. The van der Waals surface area contributed by atoms with E-state index in [0.717, 1.165) is 0 Å². The van der Waals surface area contributed by atoms with E-state index in [9.17, 15) is 4.79 Å². The summed E-state index contributed by atoms with van der Waals surface area (Å²) in [6, 6.07) is 0. The number of ether oxygens (including phenoxy) is 2. The van der Waals surface area contributed by atoms with Crippen molar-refractivity contribution in [3.05, 3.63) is 0 Å². The summed E-state index contributed by atoms with van der Waals surface area (Å²) in [6.07, 6.45) is 0.0198. The van der Waals surface area contributed by atoms with Crippen molar-refractivity contribution < 1.29 is 24.2 Å². The van der Waals surface area contributed by atoms with Gasteiger partial charge < -0.3 is 19.4 Å². The van der Waals surface area contributed by atoms with Crippen molar-refractivity contribution >= 4 is 5.97 Å². The zero-order valence-corrected chi connectivity index (χ0v) is 7.40. The lowest BCUT2D eigenvalue weighted by atomic mass is 10.5. The van der Waals surface area contributed by atoms with Crippen LogP contribution < -0.4 is 5.90 Å². The van der Waals surface area contributed by atoms with Crippen LogP contribution in [0.15, 0.2) is 0 Å². The highest BCUT2D eigenvalue weighted by Crippen LogP contribution is 1.83. The van der Waals surface area contributed by atoms with Crippen LogP contribution in [0.25, 0.3) is 0 Å². The molecule has 0 atom stereocenters. The van der Waals surface area contributed by atoms with Gasteiger partial charge in [-0.2, -0.15) is 0 Å². The molecule has 0 amide bonds. The van der Waals surface area contributed by atoms with Crippen molar-refractivity contribution in [2.45, 2.75) is 6.42 Å². The van der Waals surface area contributed by atoms with E-state index in [1.165, 1.54) is 0 Å². The molecule has 3 N–H and O–H groups in total. The van der Waals surface area contributed by atoms with Crippen molar-refractivity contribution in [3.8, 4) is 0 Å². The quantitative estimate of drug-likeness (QED) is 0.375. The first-order valence-corrected chi connectivity index (χ1v) is 3.96. The van der Waals surface area contributed by atoms with Crippen LogP contribution in [0.1, 0.15) is 6.42 Å². The minimum atomic E-state index is -0.863. The van der Waals surface area contributed by atoms with E-state index in [1.54, 1.807) is 0 Å². The Morgan fingerprint density at radius 2 is 1.62 bits per heavy atom. The monoisotopic (exact) mass is 193 g/mol. The molecule has 13 heavy (non-hydrogen) atoms. The summed E-state index contributed by atoms with van der Waals surface area (Å²) in [5, 5.41) is 8.24. The van der Waals surface area contributed by atoms with Crippen molar-refractivity contribution in [1.29, 1.82) is 0 Å². The fourth-order valence-electron chi connectivity index (χ4n) is 0.588. The number of nitrogens with two attached hydrogens (primary N) is 1. The van der Waals surface area contributed by atoms with Gasteiger partial charge in [-0.05, 0) is 0 Å². The Hall–Kier alpha value is -0.690. The molecule has 0 unspecified atom stereocenters. The number of hydrogen-bond donors (Lipinski definition) is 2. The highest BCUT2D eigenvalue weighted by molar-refractivity contribution is 5.66. The average molecular weight is 193 g/mol. The maximum atomic E-state index is 10.0. The second-order valence-electron chi connectivity index (χ2n) is 2.24. The molecule has 0 saturated heterocycles. The van der Waals surface area contributed by atoms with Gasteiger partial charge in [0, 0.05) is 0 Å². The summed E-state index contributed by atoms with van der Waals surface area (Å²) < 4.78 is 9.95. The first-order chi connectivity index (χ1) is 6.27. The third-order valence-corrected chi connectivity index (χ3v) is 1.18. The van der Waals surface area contributed by atoms with E-state index in [2.05, 4.69) is 4.84 Å². The third kappa shape index (κ3) is 11.3. The molecular weight excluding hydrogens is 178 g/mol. The predicted octanol–water partition coefficient (Wildman–Crippen LogP) is -0.615. The fraction of sp³-hybridized carbons (Fsp3) is 0.857. The second kappa shape index (κ2) is 9.40. The Morgan fingerprint density at radius 3 is 2.15 bits per heavy atom. The van der Waals surface area contributed by atoms with Crippen molar-refractivity contribution in [3.63, 3.8) is 0 Å². The molecule has 0 aliphatic carbocycles. The maximum absolute atomic E-state index is 10.0. The summed E-state index contributed by atoms with van der Waals surface area (Å²) in [5.41, 5.74) is 0. The lowest BCUT2D eigenvalue weighted by Crippen LogP contribution is -2.12. The van der Waals surface area contributed by atoms with Gasteiger partial charge in [0.25, 0.3) is 0 Å². The van der Waals surface area contributed by atoms with E-state index >= 15 is 0 Å². The lowest BCUT2D eigenvalue weighted by molar-refractivity contribution is -0.138. The molecular formula is C7H15NO5. The largest absolute Gasteiger partial charge is 0.481 e. The van der Waals surface area contributed by atoms with Gasteiger partial charge in [0.1, 0.15) is 0 Å². The van der Waals surface area contributed by atoms with Gasteiger partial charge >= 0.3 is 5.97 Å². The van der Waals surface area contributed by atoms with Crippen LogP contribution in [-0.4, -0.2) is 44.1 Å². The minimum absolute atomic E-state index is 0.0198. The first-order valence-electron chi connectivity index (χ1n) is 3.96. The Bertz CT molecular complexity index is 130. The number of aliphatic carboxylic acids is 1. The third-order valence-electron chi connectivity index (χ3n) is 1.18. The predicted molar refractivity (Wildman–Crippen MR) is 44.0 cm³/mol. The molecule has 0 aromatic rings. The Balaban J connectivity index is 2.87. The standard InChI is InChI=1S/C7H15NO5/c8-13-6-5-12-4-3-11-2-1-7(9)10/h1-6,8H2,(H,9,10). The number of carbonyl (C=O) groups is 1. The summed E-state index contributed by atoms with van der Waals surface area (Å²) in [5.74, 6) is 3.88. The van der Waals surface area contributed by atoms with Gasteiger partial charge in [-0.1, -0.05) is 0 Å². The molecule has 0 bridgehead atoms. The number of carboxylic acid groups (broad SMARTS) is 1. The maximum Gasteiger partial charge on any atom is 0.305 e.